The summed E-state index contributed by atoms with van der Waals surface area (Å²) in [6.45, 7) is 3.83. The summed E-state index contributed by atoms with van der Waals surface area (Å²) < 4.78 is 5.35. The molecule has 0 spiro atoms. The number of nitrogens with one attached hydrogen (secondary N) is 2. The third-order valence-electron chi connectivity index (χ3n) is 2.81. The van der Waals surface area contributed by atoms with E-state index in [2.05, 4.69) is 17.2 Å². The number of urea groups is 1. The number of carbonyl (C=O) groups is 2. The van der Waals surface area contributed by atoms with Crippen LogP contribution in [-0.4, -0.2) is 25.2 Å². The molecule has 100 valence electrons. The Bertz CT molecular complexity index is 532. The summed E-state index contributed by atoms with van der Waals surface area (Å²) in [7, 11) is 0. The fourth-order valence-electron chi connectivity index (χ4n) is 1.93. The average Bonchev–Trinajstić information content (AvgIpc) is 2.65. The highest BCUT2D eigenvalue weighted by Gasteiger charge is 2.48. The zero-order valence-corrected chi connectivity index (χ0v) is 10.9. The number of ether oxygens (including phenoxy) is 1. The van der Waals surface area contributed by atoms with Crippen molar-refractivity contribution >= 4 is 23.5 Å². The number of amides is 3. The molecule has 2 rings (SSSR count). The summed E-state index contributed by atoms with van der Waals surface area (Å²) in [5.74, 6) is -0.455. The number of imide groups is 1. The Labute approximate surface area is 115 Å². The van der Waals surface area contributed by atoms with Crippen LogP contribution in [0.2, 0.25) is 5.02 Å². The van der Waals surface area contributed by atoms with Gasteiger partial charge in [-0.2, -0.15) is 0 Å². The molecule has 1 atom stereocenters. The van der Waals surface area contributed by atoms with Crippen LogP contribution in [0.3, 0.4) is 0 Å². The minimum Gasteiger partial charge on any atom is -0.374 e. The Balaban J connectivity index is 2.36. The van der Waals surface area contributed by atoms with E-state index in [0.29, 0.717) is 10.6 Å². The van der Waals surface area contributed by atoms with Gasteiger partial charge in [-0.15, -0.1) is 6.58 Å². The predicted octanol–water partition coefficient (Wildman–Crippen LogP) is 1.58. The summed E-state index contributed by atoms with van der Waals surface area (Å²) >= 11 is 5.93. The molecule has 1 aliphatic heterocycles. The predicted molar refractivity (Wildman–Crippen MR) is 70.8 cm³/mol. The van der Waals surface area contributed by atoms with E-state index >= 15 is 0 Å². The van der Waals surface area contributed by atoms with Crippen molar-refractivity contribution in [2.24, 2.45) is 0 Å². The monoisotopic (exact) mass is 280 g/mol. The van der Waals surface area contributed by atoms with Crippen LogP contribution >= 0.6 is 11.6 Å². The van der Waals surface area contributed by atoms with Crippen LogP contribution < -0.4 is 10.6 Å². The summed E-state index contributed by atoms with van der Waals surface area (Å²) in [6, 6.07) is 6.20. The molecule has 0 bridgehead atoms. The minimum absolute atomic E-state index is 0.0108. The van der Waals surface area contributed by atoms with Gasteiger partial charge in [-0.05, 0) is 17.7 Å². The zero-order valence-electron chi connectivity index (χ0n) is 10.1. The topological polar surface area (TPSA) is 67.4 Å². The number of carbonyl (C=O) groups excluding carboxylic acids is 2. The van der Waals surface area contributed by atoms with Gasteiger partial charge in [0.05, 0.1) is 13.2 Å². The molecule has 5 nitrogen and oxygen atoms in total. The van der Waals surface area contributed by atoms with Crippen molar-refractivity contribution in [3.05, 3.63) is 47.5 Å². The fourth-order valence-corrected chi connectivity index (χ4v) is 2.12. The highest BCUT2D eigenvalue weighted by atomic mass is 35.5. The van der Waals surface area contributed by atoms with Gasteiger partial charge < -0.3 is 10.1 Å². The smallest absolute Gasteiger partial charge is 0.322 e. The Hall–Kier alpha value is -1.85. The van der Waals surface area contributed by atoms with E-state index in [-0.39, 0.29) is 13.2 Å². The third kappa shape index (κ3) is 2.62. The van der Waals surface area contributed by atoms with Crippen molar-refractivity contribution < 1.29 is 14.3 Å². The van der Waals surface area contributed by atoms with Gasteiger partial charge in [0.2, 0.25) is 0 Å². The lowest BCUT2D eigenvalue weighted by Crippen LogP contribution is -2.48. The lowest BCUT2D eigenvalue weighted by molar-refractivity contribution is -0.126. The third-order valence-corrected chi connectivity index (χ3v) is 3.05. The molecule has 2 N–H and O–H groups in total. The van der Waals surface area contributed by atoms with Crippen molar-refractivity contribution in [1.29, 1.82) is 0 Å². The van der Waals surface area contributed by atoms with Gasteiger partial charge in [0.15, 0.2) is 5.54 Å². The maximum Gasteiger partial charge on any atom is 0.322 e. The molecule has 1 unspecified atom stereocenters. The Kier molecular flexibility index (Phi) is 3.87. The zero-order chi connectivity index (χ0) is 13.9. The van der Waals surface area contributed by atoms with E-state index in [0.717, 1.165) is 0 Å². The first-order valence-electron chi connectivity index (χ1n) is 5.67. The van der Waals surface area contributed by atoms with Crippen LogP contribution in [0, 0.1) is 0 Å². The van der Waals surface area contributed by atoms with Gasteiger partial charge in [0.1, 0.15) is 0 Å². The Morgan fingerprint density at radius 2 is 2.21 bits per heavy atom. The van der Waals surface area contributed by atoms with Crippen molar-refractivity contribution in [1.82, 2.24) is 10.6 Å². The lowest BCUT2D eigenvalue weighted by Gasteiger charge is -2.26. The average molecular weight is 281 g/mol. The molecular formula is C13H13ClN2O3. The number of hydrogen-bond acceptors (Lipinski definition) is 3. The molecule has 1 aromatic rings. The van der Waals surface area contributed by atoms with Crippen molar-refractivity contribution in [2.75, 3.05) is 13.2 Å². The molecule has 0 radical (unpaired) electrons. The van der Waals surface area contributed by atoms with E-state index in [1.54, 1.807) is 30.3 Å². The summed E-state index contributed by atoms with van der Waals surface area (Å²) in [4.78, 5) is 23.5. The van der Waals surface area contributed by atoms with E-state index in [1.165, 1.54) is 0 Å². The van der Waals surface area contributed by atoms with E-state index in [1.807, 2.05) is 0 Å². The molecule has 1 saturated heterocycles. The van der Waals surface area contributed by atoms with Crippen molar-refractivity contribution in [2.45, 2.75) is 5.54 Å². The molecule has 19 heavy (non-hydrogen) atoms. The SMILES string of the molecule is C=CCOCC1(c2cccc(Cl)c2)NC(=O)NC1=O. The lowest BCUT2D eigenvalue weighted by atomic mass is 9.91. The molecule has 0 aliphatic carbocycles. The second-order valence-corrected chi connectivity index (χ2v) is 4.56. The van der Waals surface area contributed by atoms with Gasteiger partial charge in [-0.25, -0.2) is 4.79 Å². The first-order chi connectivity index (χ1) is 9.08. The van der Waals surface area contributed by atoms with E-state index < -0.39 is 17.5 Å². The van der Waals surface area contributed by atoms with Crippen molar-refractivity contribution in [3.63, 3.8) is 0 Å². The second-order valence-electron chi connectivity index (χ2n) is 4.13. The van der Waals surface area contributed by atoms with Gasteiger partial charge in [0, 0.05) is 5.02 Å². The molecule has 0 aromatic heterocycles. The summed E-state index contributed by atoms with van der Waals surface area (Å²) in [5.41, 5.74) is -0.669. The molecule has 1 aliphatic rings. The normalized spacial score (nSPS) is 21.9. The van der Waals surface area contributed by atoms with Gasteiger partial charge in [-0.3, -0.25) is 10.1 Å². The molecule has 3 amide bonds. The summed E-state index contributed by atoms with van der Waals surface area (Å²) in [5, 5.41) is 5.30. The quantitative estimate of drug-likeness (QED) is 0.489. The van der Waals surface area contributed by atoms with Gasteiger partial charge in [-0.1, -0.05) is 29.8 Å². The van der Waals surface area contributed by atoms with Crippen LogP contribution in [0.5, 0.6) is 0 Å². The number of hydrogen-bond donors (Lipinski definition) is 2. The summed E-state index contributed by atoms with van der Waals surface area (Å²) in [6.07, 6.45) is 1.57. The van der Waals surface area contributed by atoms with Gasteiger partial charge >= 0.3 is 6.03 Å². The standard InChI is InChI=1S/C13H13ClN2O3/c1-2-6-19-8-13(11(17)15-12(18)16-13)9-4-3-5-10(14)7-9/h2-5,7H,1,6,8H2,(H2,15,16,17,18). The van der Waals surface area contributed by atoms with Crippen LogP contribution in [0.4, 0.5) is 4.79 Å². The fraction of sp³-hybridized carbons (Fsp3) is 0.231. The Morgan fingerprint density at radius 3 is 2.79 bits per heavy atom. The van der Waals surface area contributed by atoms with E-state index in [9.17, 15) is 9.59 Å². The highest BCUT2D eigenvalue weighted by molar-refractivity contribution is 6.30. The van der Waals surface area contributed by atoms with Gasteiger partial charge in [0.25, 0.3) is 5.91 Å². The van der Waals surface area contributed by atoms with Crippen LogP contribution in [0.15, 0.2) is 36.9 Å². The highest BCUT2D eigenvalue weighted by Crippen LogP contribution is 2.27. The van der Waals surface area contributed by atoms with Crippen LogP contribution in [-0.2, 0) is 15.1 Å². The number of rotatable bonds is 5. The molecule has 1 heterocycles. The van der Waals surface area contributed by atoms with Crippen LogP contribution in [0.25, 0.3) is 0 Å². The minimum atomic E-state index is -1.25. The maximum absolute atomic E-state index is 12.1. The maximum atomic E-state index is 12.1. The molecule has 0 saturated carbocycles. The molecule has 6 heteroatoms. The molecular weight excluding hydrogens is 268 g/mol. The van der Waals surface area contributed by atoms with E-state index in [4.69, 9.17) is 16.3 Å². The number of benzene rings is 1. The largest absolute Gasteiger partial charge is 0.374 e. The first-order valence-corrected chi connectivity index (χ1v) is 6.04. The van der Waals surface area contributed by atoms with Crippen molar-refractivity contribution in [3.8, 4) is 0 Å². The Morgan fingerprint density at radius 1 is 1.42 bits per heavy atom. The second kappa shape index (κ2) is 5.42. The number of halogens is 1. The van der Waals surface area contributed by atoms with Crippen LogP contribution in [0.1, 0.15) is 5.56 Å². The molecule has 1 aromatic carbocycles. The molecule has 1 fully saturated rings. The first kappa shape index (κ1) is 13.6.